The number of hydrogen-bond acceptors (Lipinski definition) is 1. The van der Waals surface area contributed by atoms with Crippen LogP contribution in [0.3, 0.4) is 0 Å². The molecule has 2 aromatic carbocycles. The fourth-order valence-corrected chi connectivity index (χ4v) is 2.54. The van der Waals surface area contributed by atoms with E-state index in [1.165, 1.54) is 27.8 Å². The average molecular weight is 277 g/mol. The number of aliphatic imine (C=N–C) groups is 1. The molecule has 0 unspecified atom stereocenters. The van der Waals surface area contributed by atoms with Crippen LogP contribution in [-0.2, 0) is 0 Å². The largest absolute Gasteiger partial charge is 0.292 e. The maximum atomic E-state index is 4.48. The Balaban J connectivity index is 2.23. The third-order valence-electron chi connectivity index (χ3n) is 3.67. The first-order valence-electron chi connectivity index (χ1n) is 7.28. The van der Waals surface area contributed by atoms with Crippen LogP contribution >= 0.6 is 0 Å². The van der Waals surface area contributed by atoms with Crippen molar-refractivity contribution in [2.45, 2.75) is 27.2 Å². The monoisotopic (exact) mass is 277 g/mol. The van der Waals surface area contributed by atoms with Crippen LogP contribution in [0.5, 0.6) is 0 Å². The van der Waals surface area contributed by atoms with Crippen molar-refractivity contribution >= 4 is 11.3 Å². The Morgan fingerprint density at radius 2 is 1.43 bits per heavy atom. The second-order valence-corrected chi connectivity index (χ2v) is 5.69. The summed E-state index contributed by atoms with van der Waals surface area (Å²) in [6.45, 7) is 10.6. The predicted molar refractivity (Wildman–Crippen MR) is 93.2 cm³/mol. The maximum absolute atomic E-state index is 4.48. The summed E-state index contributed by atoms with van der Waals surface area (Å²) in [4.78, 5) is 4.48. The minimum absolute atomic E-state index is 0.780. The lowest BCUT2D eigenvalue weighted by Gasteiger charge is -2.11. The second-order valence-electron chi connectivity index (χ2n) is 5.69. The molecule has 1 nitrogen and oxygen atoms in total. The van der Waals surface area contributed by atoms with Crippen LogP contribution in [0.4, 0.5) is 0 Å². The summed E-state index contributed by atoms with van der Waals surface area (Å²) < 4.78 is 0. The Hall–Kier alpha value is -2.15. The van der Waals surface area contributed by atoms with E-state index >= 15 is 0 Å². The lowest BCUT2D eigenvalue weighted by atomic mass is 9.95. The van der Waals surface area contributed by atoms with Gasteiger partial charge in [-0.15, -0.1) is 0 Å². The van der Waals surface area contributed by atoms with E-state index < -0.39 is 0 Å². The number of allylic oxidation sites excluding steroid dienone is 1. The molecule has 0 N–H and O–H groups in total. The minimum Gasteiger partial charge on any atom is -0.292 e. The highest BCUT2D eigenvalue weighted by atomic mass is 14.7. The minimum atomic E-state index is 0.780. The van der Waals surface area contributed by atoms with Gasteiger partial charge in [-0.05, 0) is 37.5 Å². The number of aryl methyl sites for hydroxylation is 3. The van der Waals surface area contributed by atoms with Crippen molar-refractivity contribution in [3.05, 3.63) is 76.9 Å². The van der Waals surface area contributed by atoms with E-state index in [1.807, 2.05) is 7.05 Å². The number of rotatable bonds is 4. The van der Waals surface area contributed by atoms with Crippen LogP contribution in [0.15, 0.2) is 54.0 Å². The third kappa shape index (κ3) is 3.91. The zero-order valence-electron chi connectivity index (χ0n) is 13.4. The van der Waals surface area contributed by atoms with Gasteiger partial charge in [-0.3, -0.25) is 4.99 Å². The van der Waals surface area contributed by atoms with Crippen molar-refractivity contribution in [2.24, 2.45) is 4.99 Å². The summed E-state index contributed by atoms with van der Waals surface area (Å²) in [6.07, 6.45) is 0.780. The van der Waals surface area contributed by atoms with Gasteiger partial charge in [0.25, 0.3) is 0 Å². The molecule has 0 radical (unpaired) electrons. The van der Waals surface area contributed by atoms with Gasteiger partial charge in [-0.2, -0.15) is 0 Å². The Labute approximate surface area is 128 Å². The van der Waals surface area contributed by atoms with E-state index in [0.29, 0.717) is 0 Å². The first kappa shape index (κ1) is 15.2. The van der Waals surface area contributed by atoms with Gasteiger partial charge in [-0.25, -0.2) is 0 Å². The van der Waals surface area contributed by atoms with E-state index in [0.717, 1.165) is 17.7 Å². The van der Waals surface area contributed by atoms with E-state index in [1.54, 1.807) is 0 Å². The number of hydrogen-bond donors (Lipinski definition) is 0. The van der Waals surface area contributed by atoms with Crippen molar-refractivity contribution in [3.8, 4) is 0 Å². The van der Waals surface area contributed by atoms with E-state index in [-0.39, 0.29) is 0 Å². The molecule has 0 aliphatic rings. The average Bonchev–Trinajstić information content (AvgIpc) is 2.44. The fraction of sp³-hybridized carbons (Fsp3) is 0.250. The molecule has 0 aromatic heterocycles. The van der Waals surface area contributed by atoms with Crippen LogP contribution < -0.4 is 0 Å². The summed E-state index contributed by atoms with van der Waals surface area (Å²) in [7, 11) is 1.86. The summed E-state index contributed by atoms with van der Waals surface area (Å²) >= 11 is 0. The zero-order chi connectivity index (χ0) is 15.4. The lowest BCUT2D eigenvalue weighted by molar-refractivity contribution is 1.31. The van der Waals surface area contributed by atoms with E-state index in [9.17, 15) is 0 Å². The van der Waals surface area contributed by atoms with Gasteiger partial charge in [0.15, 0.2) is 0 Å². The smallest absolute Gasteiger partial charge is 0.0461 e. The van der Waals surface area contributed by atoms with Gasteiger partial charge in [0, 0.05) is 19.2 Å². The third-order valence-corrected chi connectivity index (χ3v) is 3.67. The normalized spacial score (nSPS) is 11.5. The zero-order valence-corrected chi connectivity index (χ0v) is 13.4. The van der Waals surface area contributed by atoms with Crippen LogP contribution in [0.1, 0.15) is 34.2 Å². The predicted octanol–water partition coefficient (Wildman–Crippen LogP) is 5.13. The summed E-state index contributed by atoms with van der Waals surface area (Å²) in [5, 5.41) is 0. The highest BCUT2D eigenvalue weighted by Crippen LogP contribution is 2.21. The number of nitrogens with zero attached hydrogens (tertiary/aromatic N) is 1. The molecule has 0 spiro atoms. The molecule has 21 heavy (non-hydrogen) atoms. The van der Waals surface area contributed by atoms with Crippen LogP contribution in [0.25, 0.3) is 5.57 Å². The Morgan fingerprint density at radius 3 is 1.95 bits per heavy atom. The molecule has 108 valence electrons. The lowest BCUT2D eigenvalue weighted by Crippen LogP contribution is -2.03. The van der Waals surface area contributed by atoms with E-state index in [4.69, 9.17) is 0 Å². The first-order valence-corrected chi connectivity index (χ1v) is 7.28. The van der Waals surface area contributed by atoms with Crippen molar-refractivity contribution in [1.82, 2.24) is 0 Å². The molecule has 0 fully saturated rings. The quantitative estimate of drug-likeness (QED) is 0.687. The molecular formula is C20H23N. The first-order chi connectivity index (χ1) is 9.99. The summed E-state index contributed by atoms with van der Waals surface area (Å²) in [5.41, 5.74) is 8.39. The Kier molecular flexibility index (Phi) is 4.74. The van der Waals surface area contributed by atoms with Gasteiger partial charge in [0.1, 0.15) is 0 Å². The molecule has 2 rings (SSSR count). The van der Waals surface area contributed by atoms with Crippen LogP contribution in [-0.4, -0.2) is 12.8 Å². The SMILES string of the molecule is C=C(CC(=NC)c1cc(C)cc(C)c1)c1ccc(C)cc1. The molecule has 0 saturated carbocycles. The van der Waals surface area contributed by atoms with Gasteiger partial charge in [0.2, 0.25) is 0 Å². The molecule has 0 aliphatic heterocycles. The van der Waals surface area contributed by atoms with Crippen molar-refractivity contribution in [1.29, 1.82) is 0 Å². The topological polar surface area (TPSA) is 12.4 Å². The standard InChI is InChI=1S/C20H23N/c1-14-6-8-18(9-7-14)17(4)13-20(21-5)19-11-15(2)10-16(3)12-19/h6-12H,4,13H2,1-3,5H3. The maximum Gasteiger partial charge on any atom is 0.0461 e. The van der Waals surface area contributed by atoms with Gasteiger partial charge < -0.3 is 0 Å². The van der Waals surface area contributed by atoms with Gasteiger partial charge in [0.05, 0.1) is 0 Å². The molecular weight excluding hydrogens is 254 g/mol. The van der Waals surface area contributed by atoms with Gasteiger partial charge >= 0.3 is 0 Å². The van der Waals surface area contributed by atoms with Crippen LogP contribution in [0, 0.1) is 20.8 Å². The van der Waals surface area contributed by atoms with Crippen LogP contribution in [0.2, 0.25) is 0 Å². The Bertz CT molecular complexity index is 655. The van der Waals surface area contributed by atoms with Crippen molar-refractivity contribution in [3.63, 3.8) is 0 Å². The summed E-state index contributed by atoms with van der Waals surface area (Å²) in [5.74, 6) is 0. The molecule has 0 amide bonds. The molecule has 0 saturated heterocycles. The molecule has 0 aliphatic carbocycles. The fourth-order valence-electron chi connectivity index (χ4n) is 2.54. The van der Waals surface area contributed by atoms with Crippen molar-refractivity contribution < 1.29 is 0 Å². The van der Waals surface area contributed by atoms with Gasteiger partial charge in [-0.1, -0.05) is 65.7 Å². The molecule has 1 heteroatoms. The molecule has 2 aromatic rings. The second kappa shape index (κ2) is 6.53. The summed E-state index contributed by atoms with van der Waals surface area (Å²) in [6, 6.07) is 15.1. The van der Waals surface area contributed by atoms with E-state index in [2.05, 4.69) is 74.8 Å². The Morgan fingerprint density at radius 1 is 0.857 bits per heavy atom. The number of benzene rings is 2. The highest BCUT2D eigenvalue weighted by molar-refractivity contribution is 6.06. The van der Waals surface area contributed by atoms with Crippen molar-refractivity contribution in [2.75, 3.05) is 7.05 Å². The highest BCUT2D eigenvalue weighted by Gasteiger charge is 2.08. The molecule has 0 atom stereocenters. The molecule has 0 bridgehead atoms. The molecule has 0 heterocycles.